The summed E-state index contributed by atoms with van der Waals surface area (Å²) in [5.41, 5.74) is 4.93. The summed E-state index contributed by atoms with van der Waals surface area (Å²) in [6.45, 7) is 1.98. The number of hydrogen-bond donors (Lipinski definition) is 2. The molecule has 0 aliphatic carbocycles. The summed E-state index contributed by atoms with van der Waals surface area (Å²) >= 11 is 3.09. The number of aromatic amines is 2. The molecule has 3 heterocycles. The third-order valence-electron chi connectivity index (χ3n) is 4.16. The van der Waals surface area contributed by atoms with Crippen molar-refractivity contribution >= 4 is 45.6 Å². The number of para-hydroxylation sites is 4. The summed E-state index contributed by atoms with van der Waals surface area (Å²) in [6, 6.07) is 18.0. The fourth-order valence-corrected chi connectivity index (χ4v) is 4.61. The minimum Gasteiger partial charge on any atom is -0.341 e. The van der Waals surface area contributed by atoms with Crippen molar-refractivity contribution in [2.75, 3.05) is 0 Å². The van der Waals surface area contributed by atoms with Gasteiger partial charge in [0.25, 0.3) is 0 Å². The van der Waals surface area contributed by atoms with E-state index in [0.717, 1.165) is 48.9 Å². The fourth-order valence-electron chi connectivity index (χ4n) is 2.91. The Labute approximate surface area is 169 Å². The van der Waals surface area contributed by atoms with Gasteiger partial charge in [0.2, 0.25) is 0 Å². The fraction of sp³-hybridized carbons (Fsp3) is 0.100. The van der Waals surface area contributed by atoms with Gasteiger partial charge in [0.15, 0.2) is 10.3 Å². The van der Waals surface area contributed by atoms with Crippen molar-refractivity contribution in [2.24, 2.45) is 0 Å². The van der Waals surface area contributed by atoms with Gasteiger partial charge in [-0.25, -0.2) is 19.9 Å². The Morgan fingerprint density at radius 1 is 0.821 bits per heavy atom. The summed E-state index contributed by atoms with van der Waals surface area (Å²) in [4.78, 5) is 25.1. The Hall–Kier alpha value is -2.84. The Morgan fingerprint density at radius 3 is 2.29 bits per heavy atom. The number of nitrogens with one attached hydrogen (secondary N) is 2. The zero-order chi connectivity index (χ0) is 18.9. The zero-order valence-electron chi connectivity index (χ0n) is 15.0. The first-order chi connectivity index (χ1) is 13.7. The van der Waals surface area contributed by atoms with Crippen LogP contribution in [0.1, 0.15) is 11.5 Å². The Morgan fingerprint density at radius 2 is 1.54 bits per heavy atom. The molecule has 0 saturated carbocycles. The number of hydrogen-bond acceptors (Lipinski definition) is 6. The van der Waals surface area contributed by atoms with Gasteiger partial charge in [-0.15, -0.1) is 0 Å². The van der Waals surface area contributed by atoms with E-state index in [1.54, 1.807) is 11.8 Å². The van der Waals surface area contributed by atoms with Crippen LogP contribution in [0.3, 0.4) is 0 Å². The van der Waals surface area contributed by atoms with Gasteiger partial charge >= 0.3 is 0 Å². The molecule has 2 N–H and O–H groups in total. The zero-order valence-corrected chi connectivity index (χ0v) is 16.6. The molecule has 0 radical (unpaired) electrons. The van der Waals surface area contributed by atoms with E-state index in [-0.39, 0.29) is 0 Å². The number of rotatable bonds is 5. The van der Waals surface area contributed by atoms with Gasteiger partial charge < -0.3 is 9.97 Å². The normalized spacial score (nSPS) is 11.5. The molecule has 2 aromatic carbocycles. The Balaban J connectivity index is 1.34. The molecule has 0 fully saturated rings. The van der Waals surface area contributed by atoms with Crippen molar-refractivity contribution in [2.45, 2.75) is 28.0 Å². The summed E-state index contributed by atoms with van der Waals surface area (Å²) < 4.78 is 0. The van der Waals surface area contributed by atoms with Crippen LogP contribution in [-0.4, -0.2) is 29.9 Å². The molecular weight excluding hydrogens is 388 g/mol. The average molecular weight is 405 g/mol. The lowest BCUT2D eigenvalue weighted by molar-refractivity contribution is 0.860. The second-order valence-corrected chi connectivity index (χ2v) is 8.23. The highest BCUT2D eigenvalue weighted by atomic mass is 32.2. The molecule has 5 aromatic rings. The maximum Gasteiger partial charge on any atom is 0.189 e. The third kappa shape index (κ3) is 3.61. The Bertz CT molecular complexity index is 1210. The van der Waals surface area contributed by atoms with Crippen molar-refractivity contribution in [1.29, 1.82) is 0 Å². The summed E-state index contributed by atoms with van der Waals surface area (Å²) in [7, 11) is 0. The standard InChI is InChI=1S/C20H16N6S2/c1-12-10-18(28-20-24-15-8-4-5-9-16(15)25-20)26-19(21-12)27-11-17-22-13-6-2-3-7-14(13)23-17/h2-10H,11H2,1H3,(H,22,23)(H,24,25). The number of aryl methyl sites for hydroxylation is 1. The van der Waals surface area contributed by atoms with Crippen LogP contribution in [-0.2, 0) is 5.75 Å². The molecule has 0 aliphatic rings. The van der Waals surface area contributed by atoms with E-state index in [1.807, 2.05) is 61.5 Å². The van der Waals surface area contributed by atoms with Gasteiger partial charge in [-0.1, -0.05) is 36.0 Å². The maximum atomic E-state index is 4.68. The number of thioether (sulfide) groups is 1. The van der Waals surface area contributed by atoms with E-state index < -0.39 is 0 Å². The first-order valence-corrected chi connectivity index (χ1v) is 10.6. The van der Waals surface area contributed by atoms with Crippen LogP contribution < -0.4 is 0 Å². The number of fused-ring (bicyclic) bond motifs is 2. The predicted molar refractivity (Wildman–Crippen MR) is 113 cm³/mol. The van der Waals surface area contributed by atoms with Crippen molar-refractivity contribution < 1.29 is 0 Å². The van der Waals surface area contributed by atoms with Gasteiger partial charge in [0.1, 0.15) is 10.9 Å². The van der Waals surface area contributed by atoms with Crippen LogP contribution in [0.25, 0.3) is 22.1 Å². The second kappa shape index (κ2) is 7.29. The van der Waals surface area contributed by atoms with Crippen molar-refractivity contribution in [3.63, 3.8) is 0 Å². The number of imidazole rings is 2. The molecule has 0 unspecified atom stereocenters. The van der Waals surface area contributed by atoms with E-state index in [0.29, 0.717) is 5.75 Å². The third-order valence-corrected chi connectivity index (χ3v) is 5.82. The highest BCUT2D eigenvalue weighted by Gasteiger charge is 2.10. The molecule has 0 spiro atoms. The van der Waals surface area contributed by atoms with E-state index in [1.165, 1.54) is 11.8 Å². The van der Waals surface area contributed by atoms with Crippen molar-refractivity contribution in [1.82, 2.24) is 29.9 Å². The second-order valence-electron chi connectivity index (χ2n) is 6.28. The van der Waals surface area contributed by atoms with E-state index >= 15 is 0 Å². The van der Waals surface area contributed by atoms with E-state index in [9.17, 15) is 0 Å². The lowest BCUT2D eigenvalue weighted by Gasteiger charge is -2.03. The van der Waals surface area contributed by atoms with Gasteiger partial charge in [0.05, 0.1) is 27.8 Å². The minimum absolute atomic E-state index is 0.687. The highest BCUT2D eigenvalue weighted by Crippen LogP contribution is 2.28. The molecule has 0 bridgehead atoms. The van der Waals surface area contributed by atoms with Crippen LogP contribution in [0.5, 0.6) is 0 Å². The average Bonchev–Trinajstić information content (AvgIpc) is 3.28. The monoisotopic (exact) mass is 404 g/mol. The van der Waals surface area contributed by atoms with E-state index in [4.69, 9.17) is 0 Å². The molecule has 6 nitrogen and oxygen atoms in total. The van der Waals surface area contributed by atoms with Gasteiger partial charge in [0, 0.05) is 5.69 Å². The molecule has 8 heteroatoms. The number of benzene rings is 2. The van der Waals surface area contributed by atoms with Gasteiger partial charge in [-0.2, -0.15) is 0 Å². The molecule has 138 valence electrons. The van der Waals surface area contributed by atoms with Crippen LogP contribution >= 0.6 is 23.5 Å². The quantitative estimate of drug-likeness (QED) is 0.244. The smallest absolute Gasteiger partial charge is 0.189 e. The molecule has 28 heavy (non-hydrogen) atoms. The molecule has 0 amide bonds. The summed E-state index contributed by atoms with van der Waals surface area (Å²) in [6.07, 6.45) is 0. The topological polar surface area (TPSA) is 83.1 Å². The van der Waals surface area contributed by atoms with Crippen LogP contribution in [0.2, 0.25) is 0 Å². The van der Waals surface area contributed by atoms with E-state index in [2.05, 4.69) is 29.9 Å². The predicted octanol–water partition coefficient (Wildman–Crippen LogP) is 4.98. The SMILES string of the molecule is Cc1cc(Sc2nc3ccccc3[nH]2)nc(SCc2nc3ccccc3[nH]2)n1. The van der Waals surface area contributed by atoms with Gasteiger partial charge in [-0.05, 0) is 49.0 Å². The lowest BCUT2D eigenvalue weighted by atomic mass is 10.3. The lowest BCUT2D eigenvalue weighted by Crippen LogP contribution is -1.94. The summed E-state index contributed by atoms with van der Waals surface area (Å²) in [5.74, 6) is 1.61. The summed E-state index contributed by atoms with van der Waals surface area (Å²) in [5, 5.41) is 2.44. The van der Waals surface area contributed by atoms with Crippen molar-refractivity contribution in [3.05, 3.63) is 66.1 Å². The van der Waals surface area contributed by atoms with Crippen molar-refractivity contribution in [3.8, 4) is 0 Å². The maximum absolute atomic E-state index is 4.68. The largest absolute Gasteiger partial charge is 0.341 e. The Kier molecular flexibility index (Phi) is 4.50. The molecular formula is C20H16N6S2. The number of nitrogens with zero attached hydrogens (tertiary/aromatic N) is 4. The molecule has 0 aliphatic heterocycles. The molecule has 0 atom stereocenters. The van der Waals surface area contributed by atoms with Gasteiger partial charge in [-0.3, -0.25) is 0 Å². The minimum atomic E-state index is 0.687. The molecule has 3 aromatic heterocycles. The van der Waals surface area contributed by atoms with Crippen LogP contribution in [0.15, 0.2) is 69.9 Å². The molecule has 5 rings (SSSR count). The number of H-pyrrole nitrogens is 2. The van der Waals surface area contributed by atoms with Crippen LogP contribution in [0.4, 0.5) is 0 Å². The first-order valence-electron chi connectivity index (χ1n) is 8.78. The highest BCUT2D eigenvalue weighted by molar-refractivity contribution is 7.99. The number of aromatic nitrogens is 6. The molecule has 0 saturated heterocycles. The van der Waals surface area contributed by atoms with Crippen LogP contribution in [0, 0.1) is 6.92 Å². The first kappa shape index (κ1) is 17.3.